The summed E-state index contributed by atoms with van der Waals surface area (Å²) in [5, 5.41) is 4.14. The van der Waals surface area contributed by atoms with Gasteiger partial charge >= 0.3 is 0 Å². The van der Waals surface area contributed by atoms with E-state index in [-0.39, 0.29) is 22.5 Å². The molecule has 8 heavy (non-hydrogen) atoms. The summed E-state index contributed by atoms with van der Waals surface area (Å²) in [6.45, 7) is 4.28. The van der Waals surface area contributed by atoms with Crippen molar-refractivity contribution in [3.8, 4) is 0 Å². The Balaban J connectivity index is 0. The summed E-state index contributed by atoms with van der Waals surface area (Å²) in [7, 11) is 1.96. The van der Waals surface area contributed by atoms with Gasteiger partial charge in [0.25, 0.3) is 0 Å². The molecule has 0 rings (SSSR count). The fraction of sp³-hybridized carbons (Fsp3) is 1.00. The zero-order valence-electron chi connectivity index (χ0n) is 5.49. The molecule has 0 radical (unpaired) electrons. The maximum absolute atomic E-state index is 3.37. The number of hydrogen-bond acceptors (Lipinski definition) is 1. The monoisotopic (exact) mass is 245 g/mol. The van der Waals surface area contributed by atoms with Crippen LogP contribution in [0.3, 0.4) is 0 Å². The molecule has 0 spiro atoms. The first-order valence-corrected chi connectivity index (χ1v) is 3.49. The van der Waals surface area contributed by atoms with Crippen molar-refractivity contribution in [2.24, 2.45) is 0 Å². The highest BCUT2D eigenvalue weighted by atomic mass is 79.9. The van der Waals surface area contributed by atoms with E-state index in [0.717, 1.165) is 5.33 Å². The summed E-state index contributed by atoms with van der Waals surface area (Å²) in [6.07, 6.45) is 0. The summed E-state index contributed by atoms with van der Waals surface area (Å²) in [5.74, 6) is 0. The molecule has 1 nitrogen and oxygen atoms in total. The third kappa shape index (κ3) is 5.06. The van der Waals surface area contributed by atoms with Crippen LogP contribution in [0.25, 0.3) is 0 Å². The summed E-state index contributed by atoms with van der Waals surface area (Å²) in [6, 6.07) is 0. The molecule has 0 fully saturated rings. The van der Waals surface area contributed by atoms with Crippen molar-refractivity contribution in [3.63, 3.8) is 0 Å². The van der Waals surface area contributed by atoms with Crippen molar-refractivity contribution in [2.75, 3.05) is 12.4 Å². The highest BCUT2D eigenvalue weighted by Crippen LogP contribution is 2.03. The Hall–Kier alpha value is 0.920. The predicted octanol–water partition coefficient (Wildman–Crippen LogP) is 1.96. The first-order chi connectivity index (χ1) is 3.12. The zero-order chi connectivity index (χ0) is 5.91. The lowest BCUT2D eigenvalue weighted by atomic mass is 10.1. The van der Waals surface area contributed by atoms with Crippen LogP contribution in [0.15, 0.2) is 0 Å². The Labute approximate surface area is 70.1 Å². The van der Waals surface area contributed by atoms with Gasteiger partial charge in [0.2, 0.25) is 0 Å². The average Bonchev–Trinajstić information content (AvgIpc) is 1.68. The van der Waals surface area contributed by atoms with Crippen LogP contribution in [0, 0.1) is 0 Å². The smallest absolute Gasteiger partial charge is 0.0218 e. The summed E-state index contributed by atoms with van der Waals surface area (Å²) in [5.41, 5.74) is 0.250. The predicted molar refractivity (Wildman–Crippen MR) is 47.3 cm³/mol. The molecule has 0 saturated heterocycles. The Bertz CT molecular complexity index is 48.4. The van der Waals surface area contributed by atoms with Gasteiger partial charge in [-0.1, -0.05) is 15.9 Å². The van der Waals surface area contributed by atoms with E-state index in [4.69, 9.17) is 0 Å². The van der Waals surface area contributed by atoms with Crippen LogP contribution in [0.1, 0.15) is 13.8 Å². The van der Waals surface area contributed by atoms with E-state index in [2.05, 4.69) is 35.1 Å². The van der Waals surface area contributed by atoms with Crippen LogP contribution < -0.4 is 5.32 Å². The van der Waals surface area contributed by atoms with Gasteiger partial charge in [0, 0.05) is 10.9 Å². The van der Waals surface area contributed by atoms with Gasteiger partial charge in [-0.05, 0) is 20.9 Å². The van der Waals surface area contributed by atoms with Crippen LogP contribution in [0.2, 0.25) is 0 Å². The van der Waals surface area contributed by atoms with Crippen LogP contribution in [-0.2, 0) is 0 Å². The number of nitrogens with one attached hydrogen (secondary N) is 1. The quantitative estimate of drug-likeness (QED) is 0.735. The van der Waals surface area contributed by atoms with Gasteiger partial charge in [0.1, 0.15) is 0 Å². The second-order valence-electron chi connectivity index (χ2n) is 2.27. The maximum atomic E-state index is 3.37. The van der Waals surface area contributed by atoms with E-state index in [1.54, 1.807) is 0 Å². The number of rotatable bonds is 2. The molecule has 0 saturated carbocycles. The van der Waals surface area contributed by atoms with Gasteiger partial charge in [-0.25, -0.2) is 0 Å². The first-order valence-electron chi connectivity index (χ1n) is 2.37. The molecule has 0 amide bonds. The number of halogens is 2. The van der Waals surface area contributed by atoms with Gasteiger partial charge in [0.05, 0.1) is 0 Å². The molecule has 3 heteroatoms. The molecular weight excluding hydrogens is 234 g/mol. The van der Waals surface area contributed by atoms with Crippen molar-refractivity contribution in [1.29, 1.82) is 0 Å². The molecule has 0 heterocycles. The van der Waals surface area contributed by atoms with E-state index in [9.17, 15) is 0 Å². The van der Waals surface area contributed by atoms with E-state index in [1.165, 1.54) is 0 Å². The Kier molecular flexibility index (Phi) is 6.96. The lowest BCUT2D eigenvalue weighted by Gasteiger charge is -2.19. The second-order valence-corrected chi connectivity index (χ2v) is 2.83. The molecule has 0 unspecified atom stereocenters. The molecule has 0 aliphatic heterocycles. The minimum Gasteiger partial charge on any atom is -0.314 e. The van der Waals surface area contributed by atoms with Gasteiger partial charge in [-0.15, -0.1) is 17.0 Å². The van der Waals surface area contributed by atoms with Crippen molar-refractivity contribution in [2.45, 2.75) is 19.4 Å². The molecule has 0 aliphatic rings. The van der Waals surface area contributed by atoms with Crippen molar-refractivity contribution >= 4 is 32.9 Å². The van der Waals surface area contributed by atoms with Gasteiger partial charge in [-0.3, -0.25) is 0 Å². The Morgan fingerprint density at radius 2 is 1.88 bits per heavy atom. The normalized spacial score (nSPS) is 10.5. The van der Waals surface area contributed by atoms with Gasteiger partial charge in [0.15, 0.2) is 0 Å². The van der Waals surface area contributed by atoms with E-state index in [0.29, 0.717) is 0 Å². The molecule has 52 valence electrons. The van der Waals surface area contributed by atoms with Crippen LogP contribution in [0.4, 0.5) is 0 Å². The van der Waals surface area contributed by atoms with Crippen molar-refractivity contribution in [1.82, 2.24) is 5.32 Å². The van der Waals surface area contributed by atoms with Crippen LogP contribution in [0.5, 0.6) is 0 Å². The van der Waals surface area contributed by atoms with E-state index in [1.807, 2.05) is 7.05 Å². The third-order valence-electron chi connectivity index (χ3n) is 1.01. The van der Waals surface area contributed by atoms with Gasteiger partial charge in [-0.2, -0.15) is 0 Å². The lowest BCUT2D eigenvalue weighted by Crippen LogP contribution is -2.37. The van der Waals surface area contributed by atoms with Crippen LogP contribution in [-0.4, -0.2) is 17.9 Å². The summed E-state index contributed by atoms with van der Waals surface area (Å²) >= 11 is 3.37. The zero-order valence-corrected chi connectivity index (χ0v) is 8.79. The average molecular weight is 247 g/mol. The summed E-state index contributed by atoms with van der Waals surface area (Å²) in [4.78, 5) is 0. The third-order valence-corrected chi connectivity index (χ3v) is 2.41. The van der Waals surface area contributed by atoms with Crippen LogP contribution >= 0.6 is 32.9 Å². The Morgan fingerprint density at radius 1 is 1.50 bits per heavy atom. The van der Waals surface area contributed by atoms with Crippen molar-refractivity contribution in [3.05, 3.63) is 0 Å². The molecule has 0 aromatic rings. The molecular formula is C5H13Br2N. The molecule has 0 bridgehead atoms. The highest BCUT2D eigenvalue weighted by molar-refractivity contribution is 9.09. The second kappa shape index (κ2) is 4.77. The number of alkyl halides is 1. The fourth-order valence-corrected chi connectivity index (χ4v) is 0.347. The van der Waals surface area contributed by atoms with E-state index < -0.39 is 0 Å². The highest BCUT2D eigenvalue weighted by Gasteiger charge is 2.10. The molecule has 0 aromatic carbocycles. The molecule has 0 atom stereocenters. The number of hydrogen-bond donors (Lipinski definition) is 1. The minimum absolute atomic E-state index is 0. The fourth-order valence-electron chi connectivity index (χ4n) is 0.0668. The van der Waals surface area contributed by atoms with E-state index >= 15 is 0 Å². The first kappa shape index (κ1) is 11.7. The maximum Gasteiger partial charge on any atom is 0.0218 e. The SMILES string of the molecule is Br.CNC(C)(C)CBr. The summed E-state index contributed by atoms with van der Waals surface area (Å²) < 4.78 is 0. The van der Waals surface area contributed by atoms with Crippen molar-refractivity contribution < 1.29 is 0 Å². The lowest BCUT2D eigenvalue weighted by molar-refractivity contribution is 0.481. The molecule has 0 aliphatic carbocycles. The van der Waals surface area contributed by atoms with Gasteiger partial charge < -0.3 is 5.32 Å². The standard InChI is InChI=1S/C5H12BrN.BrH/c1-5(2,4-6)7-3;/h7H,4H2,1-3H3;1H. The topological polar surface area (TPSA) is 12.0 Å². The molecule has 0 aromatic heterocycles. The Morgan fingerprint density at radius 3 is 1.88 bits per heavy atom. The largest absolute Gasteiger partial charge is 0.314 e. The minimum atomic E-state index is 0. The molecule has 1 N–H and O–H groups in total.